The minimum Gasteiger partial charge on any atom is -0.550 e. The first-order valence-corrected chi connectivity index (χ1v) is 10.0. The van der Waals surface area contributed by atoms with Crippen LogP contribution in [-0.4, -0.2) is 66.5 Å². The van der Waals surface area contributed by atoms with E-state index in [0.29, 0.717) is 18.3 Å². The number of nitrogens with one attached hydrogen (secondary N) is 2. The van der Waals surface area contributed by atoms with Gasteiger partial charge in [-0.2, -0.15) is 0 Å². The molecule has 1 amide bonds. The van der Waals surface area contributed by atoms with Gasteiger partial charge in [0.05, 0.1) is 38.1 Å². The zero-order chi connectivity index (χ0) is 21.8. The smallest absolute Gasteiger partial charge is 0.223 e. The summed E-state index contributed by atoms with van der Waals surface area (Å²) >= 11 is 0. The van der Waals surface area contributed by atoms with E-state index in [1.54, 1.807) is 19.4 Å². The van der Waals surface area contributed by atoms with Gasteiger partial charge in [0.25, 0.3) is 0 Å². The number of ether oxygens (including phenoxy) is 3. The van der Waals surface area contributed by atoms with Gasteiger partial charge in [-0.05, 0) is 24.6 Å². The van der Waals surface area contributed by atoms with Crippen molar-refractivity contribution in [2.24, 2.45) is 0 Å². The van der Waals surface area contributed by atoms with Gasteiger partial charge in [0.1, 0.15) is 18.0 Å². The summed E-state index contributed by atoms with van der Waals surface area (Å²) in [5.74, 6) is -0.478. The lowest BCUT2D eigenvalue weighted by atomic mass is 10.1. The van der Waals surface area contributed by atoms with Gasteiger partial charge in [0.2, 0.25) is 11.9 Å². The highest BCUT2D eigenvalue weighted by Crippen LogP contribution is 2.30. The molecule has 164 valence electrons. The zero-order valence-electron chi connectivity index (χ0n) is 16.9. The summed E-state index contributed by atoms with van der Waals surface area (Å²) in [6, 6.07) is 8.87. The van der Waals surface area contributed by atoms with E-state index >= 15 is 0 Å². The van der Waals surface area contributed by atoms with Crippen LogP contribution in [-0.2, 0) is 19.1 Å². The maximum atomic E-state index is 11.9. The number of anilines is 1. The zero-order valence-corrected chi connectivity index (χ0v) is 16.9. The standard InChI is InChI=1S/C21H24N4O6/c1-29-16-5-3-2-4-12(16)13-8-9-22-21(24-13)25-15-11-31-19-14(10-30-20(15)19)23-17(26)6-7-18(27)28/h2-5,8-9,14-15,19-20H,6-7,10-11H2,1H3,(H,23,26)(H,27,28)(H,22,24,25)/p-1/t14-,15-,19+,20+/m0/s1. The number of para-hydroxylation sites is 1. The number of methoxy groups -OCH3 is 1. The number of nitrogens with zero attached hydrogens (tertiary/aromatic N) is 2. The number of carboxylic acid groups (broad SMARTS) is 1. The molecule has 3 heterocycles. The van der Waals surface area contributed by atoms with Crippen LogP contribution in [0.25, 0.3) is 11.3 Å². The maximum Gasteiger partial charge on any atom is 0.223 e. The van der Waals surface area contributed by atoms with E-state index < -0.39 is 5.97 Å². The summed E-state index contributed by atoms with van der Waals surface area (Å²) < 4.78 is 17.1. The fraction of sp³-hybridized carbons (Fsp3) is 0.429. The summed E-state index contributed by atoms with van der Waals surface area (Å²) in [4.78, 5) is 31.3. The quantitative estimate of drug-likeness (QED) is 0.584. The van der Waals surface area contributed by atoms with Gasteiger partial charge in [-0.3, -0.25) is 4.79 Å². The Bertz CT molecular complexity index is 955. The van der Waals surface area contributed by atoms with Crippen LogP contribution in [0.15, 0.2) is 36.5 Å². The van der Waals surface area contributed by atoms with E-state index in [1.807, 2.05) is 24.3 Å². The number of hydrogen-bond donors (Lipinski definition) is 2. The summed E-state index contributed by atoms with van der Waals surface area (Å²) in [5.41, 5.74) is 1.57. The molecular weight excluding hydrogens is 404 g/mol. The van der Waals surface area contributed by atoms with Crippen molar-refractivity contribution in [2.75, 3.05) is 25.6 Å². The highest BCUT2D eigenvalue weighted by Gasteiger charge is 2.48. The number of hydrogen-bond acceptors (Lipinski definition) is 9. The number of amides is 1. The molecule has 4 rings (SSSR count). The Morgan fingerprint density at radius 3 is 2.65 bits per heavy atom. The molecule has 4 atom stereocenters. The third kappa shape index (κ3) is 4.75. The molecule has 2 aromatic rings. The number of carbonyl (C=O) groups excluding carboxylic acids is 2. The van der Waals surface area contributed by atoms with Crippen molar-refractivity contribution in [1.82, 2.24) is 15.3 Å². The van der Waals surface area contributed by atoms with Crippen LogP contribution >= 0.6 is 0 Å². The van der Waals surface area contributed by atoms with Gasteiger partial charge < -0.3 is 34.7 Å². The molecule has 31 heavy (non-hydrogen) atoms. The minimum absolute atomic E-state index is 0.137. The third-order valence-electron chi connectivity index (χ3n) is 5.31. The van der Waals surface area contributed by atoms with Crippen LogP contribution in [0.1, 0.15) is 12.8 Å². The SMILES string of the molecule is COc1ccccc1-c1ccnc(N[C@H]2CO[C@H]3[C@@H]2OC[C@@H]3NC(=O)CCC(=O)[O-])n1. The number of benzene rings is 1. The Morgan fingerprint density at radius 2 is 1.87 bits per heavy atom. The van der Waals surface area contributed by atoms with E-state index in [4.69, 9.17) is 14.2 Å². The Labute approximate surface area is 178 Å². The molecule has 2 aliphatic heterocycles. The monoisotopic (exact) mass is 427 g/mol. The predicted molar refractivity (Wildman–Crippen MR) is 107 cm³/mol. The Kier molecular flexibility index (Phi) is 6.28. The molecule has 2 aliphatic rings. The average molecular weight is 427 g/mol. The molecule has 2 N–H and O–H groups in total. The van der Waals surface area contributed by atoms with Crippen molar-refractivity contribution < 1.29 is 28.9 Å². The fourth-order valence-corrected chi connectivity index (χ4v) is 3.84. The Hall–Kier alpha value is -3.24. The number of fused-ring (bicyclic) bond motifs is 1. The van der Waals surface area contributed by atoms with Gasteiger partial charge in [0.15, 0.2) is 0 Å². The minimum atomic E-state index is -1.26. The molecule has 2 fully saturated rings. The van der Waals surface area contributed by atoms with Crippen LogP contribution < -0.4 is 20.5 Å². The summed E-state index contributed by atoms with van der Waals surface area (Å²) in [6.45, 7) is 0.648. The van der Waals surface area contributed by atoms with Crippen molar-refractivity contribution in [3.05, 3.63) is 36.5 Å². The first-order valence-electron chi connectivity index (χ1n) is 10.0. The van der Waals surface area contributed by atoms with Gasteiger partial charge >= 0.3 is 0 Å². The van der Waals surface area contributed by atoms with Crippen LogP contribution in [0.2, 0.25) is 0 Å². The second-order valence-corrected chi connectivity index (χ2v) is 7.36. The topological polar surface area (TPSA) is 135 Å². The van der Waals surface area contributed by atoms with Crippen LogP contribution in [0.4, 0.5) is 5.95 Å². The third-order valence-corrected chi connectivity index (χ3v) is 5.31. The number of rotatable bonds is 8. The van der Waals surface area contributed by atoms with Crippen LogP contribution in [0.3, 0.4) is 0 Å². The average Bonchev–Trinajstić information content (AvgIpc) is 3.36. The highest BCUT2D eigenvalue weighted by atomic mass is 16.6. The predicted octanol–water partition coefficient (Wildman–Crippen LogP) is -0.255. The molecule has 0 saturated carbocycles. The molecule has 1 aromatic carbocycles. The fourth-order valence-electron chi connectivity index (χ4n) is 3.84. The van der Waals surface area contributed by atoms with E-state index in [1.165, 1.54) is 0 Å². The first-order chi connectivity index (χ1) is 15.0. The highest BCUT2D eigenvalue weighted by molar-refractivity contribution is 5.80. The van der Waals surface area contributed by atoms with Crippen molar-refractivity contribution >= 4 is 17.8 Å². The number of carbonyl (C=O) groups is 2. The number of aromatic nitrogens is 2. The summed E-state index contributed by atoms with van der Waals surface area (Å²) in [6.07, 6.45) is 0.590. The van der Waals surface area contributed by atoms with E-state index in [9.17, 15) is 14.7 Å². The van der Waals surface area contributed by atoms with Crippen LogP contribution in [0, 0.1) is 0 Å². The van der Waals surface area contributed by atoms with Gasteiger partial charge in [-0.15, -0.1) is 0 Å². The van der Waals surface area contributed by atoms with Crippen molar-refractivity contribution in [2.45, 2.75) is 37.1 Å². The molecule has 10 nitrogen and oxygen atoms in total. The van der Waals surface area contributed by atoms with Crippen LogP contribution in [0.5, 0.6) is 5.75 Å². The number of aliphatic carboxylic acids is 1. The van der Waals surface area contributed by atoms with E-state index in [-0.39, 0.29) is 49.6 Å². The lowest BCUT2D eigenvalue weighted by Crippen LogP contribution is -2.45. The molecule has 0 unspecified atom stereocenters. The van der Waals surface area contributed by atoms with Gasteiger partial charge in [-0.25, -0.2) is 9.97 Å². The molecule has 0 aliphatic carbocycles. The molecular formula is C21H23N4O6-. The second kappa shape index (κ2) is 9.27. The normalized spacial score (nSPS) is 24.4. The number of carboxylic acids is 1. The van der Waals surface area contributed by atoms with E-state index in [0.717, 1.165) is 11.3 Å². The molecule has 1 aromatic heterocycles. The molecule has 0 bridgehead atoms. The molecule has 2 saturated heterocycles. The van der Waals surface area contributed by atoms with Crippen molar-refractivity contribution in [3.63, 3.8) is 0 Å². The molecule has 0 radical (unpaired) electrons. The summed E-state index contributed by atoms with van der Waals surface area (Å²) in [5, 5.41) is 16.6. The molecule has 10 heteroatoms. The molecule has 0 spiro atoms. The Balaban J connectivity index is 1.39. The first kappa shape index (κ1) is 21.0. The largest absolute Gasteiger partial charge is 0.550 e. The maximum absolute atomic E-state index is 11.9. The van der Waals surface area contributed by atoms with E-state index in [2.05, 4.69) is 20.6 Å². The second-order valence-electron chi connectivity index (χ2n) is 7.36. The van der Waals surface area contributed by atoms with Gasteiger partial charge in [-0.1, -0.05) is 12.1 Å². The van der Waals surface area contributed by atoms with Gasteiger partial charge in [0, 0.05) is 24.2 Å². The van der Waals surface area contributed by atoms with Crippen molar-refractivity contribution in [3.8, 4) is 17.0 Å². The lowest BCUT2D eigenvalue weighted by molar-refractivity contribution is -0.305. The Morgan fingerprint density at radius 1 is 1.13 bits per heavy atom. The lowest BCUT2D eigenvalue weighted by Gasteiger charge is -2.18. The summed E-state index contributed by atoms with van der Waals surface area (Å²) in [7, 11) is 1.61. The van der Waals surface area contributed by atoms with Crippen molar-refractivity contribution in [1.29, 1.82) is 0 Å².